The summed E-state index contributed by atoms with van der Waals surface area (Å²) in [6.07, 6.45) is 3.46. The number of pyridine rings is 1. The van der Waals surface area contributed by atoms with Crippen molar-refractivity contribution in [3.8, 4) is 0 Å². The molecule has 4 rings (SSSR count). The molecule has 0 aliphatic heterocycles. The van der Waals surface area contributed by atoms with Crippen LogP contribution in [0.5, 0.6) is 0 Å². The summed E-state index contributed by atoms with van der Waals surface area (Å²) in [6, 6.07) is 14.5. The summed E-state index contributed by atoms with van der Waals surface area (Å²) < 4.78 is 9.71. The predicted molar refractivity (Wildman–Crippen MR) is 115 cm³/mol. The Morgan fingerprint density at radius 1 is 1.14 bits per heavy atom. The molecular formula is C23H26N4O2. The second-order valence-electron chi connectivity index (χ2n) is 7.43. The van der Waals surface area contributed by atoms with Crippen LogP contribution in [0.4, 0.5) is 0 Å². The van der Waals surface area contributed by atoms with E-state index < -0.39 is 0 Å². The Bertz CT molecular complexity index is 1140. The third-order valence-electron chi connectivity index (χ3n) is 5.23. The standard InChI is InChI=1S/C23H26N4O2/c1-16(2)27-19-7-5-4-6-18(19)22-20(27)14-21(26(22)12-13-29-3)23(28)25-15-17-8-10-24-11-9-17/h4-11,14,16H,12-13,15H2,1-3H3,(H,25,28). The van der Waals surface area contributed by atoms with Crippen LogP contribution in [-0.2, 0) is 17.8 Å². The van der Waals surface area contributed by atoms with Gasteiger partial charge < -0.3 is 19.2 Å². The molecule has 0 aliphatic carbocycles. The first-order chi connectivity index (χ1) is 14.1. The maximum atomic E-state index is 13.1. The Morgan fingerprint density at radius 2 is 1.90 bits per heavy atom. The number of carbonyl (C=O) groups excluding carboxylic acids is 1. The average Bonchev–Trinajstić information content (AvgIpc) is 3.25. The third kappa shape index (κ3) is 3.51. The molecule has 0 saturated heterocycles. The third-order valence-corrected chi connectivity index (χ3v) is 5.23. The van der Waals surface area contributed by atoms with E-state index in [0.717, 1.165) is 22.0 Å². The highest BCUT2D eigenvalue weighted by atomic mass is 16.5. The lowest BCUT2D eigenvalue weighted by molar-refractivity contribution is 0.0939. The van der Waals surface area contributed by atoms with E-state index in [1.54, 1.807) is 19.5 Å². The zero-order chi connectivity index (χ0) is 20.4. The van der Waals surface area contributed by atoms with Gasteiger partial charge >= 0.3 is 0 Å². The fourth-order valence-corrected chi connectivity index (χ4v) is 3.95. The summed E-state index contributed by atoms with van der Waals surface area (Å²) in [5.41, 5.74) is 5.01. The molecule has 1 amide bonds. The zero-order valence-corrected chi connectivity index (χ0v) is 17.1. The number of hydrogen-bond donors (Lipinski definition) is 1. The van der Waals surface area contributed by atoms with Crippen LogP contribution in [0, 0.1) is 0 Å². The SMILES string of the molecule is COCCn1c(C(=O)NCc2ccncc2)cc2c1c1ccccc1n2C(C)C. The molecule has 0 unspecified atom stereocenters. The highest BCUT2D eigenvalue weighted by Gasteiger charge is 2.22. The van der Waals surface area contributed by atoms with Crippen molar-refractivity contribution >= 4 is 27.8 Å². The van der Waals surface area contributed by atoms with Gasteiger partial charge in [-0.15, -0.1) is 0 Å². The molecule has 0 saturated carbocycles. The lowest BCUT2D eigenvalue weighted by atomic mass is 10.2. The van der Waals surface area contributed by atoms with E-state index >= 15 is 0 Å². The first-order valence-corrected chi connectivity index (χ1v) is 9.90. The summed E-state index contributed by atoms with van der Waals surface area (Å²) in [4.78, 5) is 17.1. The number of carbonyl (C=O) groups is 1. The Morgan fingerprint density at radius 3 is 2.62 bits per heavy atom. The number of nitrogens with one attached hydrogen (secondary N) is 1. The van der Waals surface area contributed by atoms with E-state index in [1.807, 2.05) is 24.3 Å². The molecule has 150 valence electrons. The topological polar surface area (TPSA) is 61.1 Å². The lowest BCUT2D eigenvalue weighted by Gasteiger charge is -2.11. The molecule has 1 aromatic carbocycles. The highest BCUT2D eigenvalue weighted by Crippen LogP contribution is 2.34. The number of rotatable bonds is 7. The smallest absolute Gasteiger partial charge is 0.268 e. The number of methoxy groups -OCH3 is 1. The van der Waals surface area contributed by atoms with Crippen molar-refractivity contribution in [1.82, 2.24) is 19.4 Å². The number of ether oxygens (including phenoxy) is 1. The first-order valence-electron chi connectivity index (χ1n) is 9.90. The summed E-state index contributed by atoms with van der Waals surface area (Å²) in [5, 5.41) is 4.20. The molecule has 3 heterocycles. The average molecular weight is 390 g/mol. The van der Waals surface area contributed by atoms with E-state index in [4.69, 9.17) is 4.74 Å². The van der Waals surface area contributed by atoms with Crippen LogP contribution in [0.1, 0.15) is 35.9 Å². The Labute approximate surface area is 170 Å². The van der Waals surface area contributed by atoms with Crippen LogP contribution in [0.25, 0.3) is 21.9 Å². The van der Waals surface area contributed by atoms with Crippen molar-refractivity contribution in [2.75, 3.05) is 13.7 Å². The summed E-state index contributed by atoms with van der Waals surface area (Å²) in [5.74, 6) is -0.0893. The molecule has 6 heteroatoms. The van der Waals surface area contributed by atoms with E-state index in [2.05, 4.69) is 51.5 Å². The summed E-state index contributed by atoms with van der Waals surface area (Å²) in [7, 11) is 1.68. The number of hydrogen-bond acceptors (Lipinski definition) is 3. The van der Waals surface area contributed by atoms with E-state index in [1.165, 1.54) is 5.52 Å². The number of para-hydroxylation sites is 1. The molecule has 3 aromatic heterocycles. The number of aromatic nitrogens is 3. The van der Waals surface area contributed by atoms with Crippen LogP contribution in [0.2, 0.25) is 0 Å². The molecule has 29 heavy (non-hydrogen) atoms. The van der Waals surface area contributed by atoms with Gasteiger partial charge in [0, 0.05) is 44.0 Å². The molecule has 6 nitrogen and oxygen atoms in total. The van der Waals surface area contributed by atoms with E-state index in [9.17, 15) is 4.79 Å². The quantitative estimate of drug-likeness (QED) is 0.516. The number of nitrogens with zero attached hydrogens (tertiary/aromatic N) is 3. The van der Waals surface area contributed by atoms with Crippen LogP contribution in [-0.4, -0.2) is 33.7 Å². The number of fused-ring (bicyclic) bond motifs is 3. The molecule has 0 bridgehead atoms. The van der Waals surface area contributed by atoms with E-state index in [0.29, 0.717) is 25.4 Å². The van der Waals surface area contributed by atoms with E-state index in [-0.39, 0.29) is 11.9 Å². The van der Waals surface area contributed by atoms with Crippen molar-refractivity contribution < 1.29 is 9.53 Å². The maximum Gasteiger partial charge on any atom is 0.268 e. The molecule has 0 fully saturated rings. The summed E-state index contributed by atoms with van der Waals surface area (Å²) in [6.45, 7) is 5.95. The second-order valence-corrected chi connectivity index (χ2v) is 7.43. The minimum Gasteiger partial charge on any atom is -0.383 e. The van der Waals surface area contributed by atoms with Crippen molar-refractivity contribution in [2.45, 2.75) is 33.0 Å². The predicted octanol–water partition coefficient (Wildman–Crippen LogP) is 4.15. The number of amides is 1. The molecule has 0 aliphatic rings. The lowest BCUT2D eigenvalue weighted by Crippen LogP contribution is -2.26. The van der Waals surface area contributed by atoms with Gasteiger partial charge in [-0.2, -0.15) is 0 Å². The molecule has 0 radical (unpaired) electrons. The Balaban J connectivity index is 1.80. The van der Waals surface area contributed by atoms with Gasteiger partial charge in [-0.1, -0.05) is 18.2 Å². The van der Waals surface area contributed by atoms with Gasteiger partial charge in [0.25, 0.3) is 5.91 Å². The van der Waals surface area contributed by atoms with Gasteiger partial charge in [-0.3, -0.25) is 9.78 Å². The van der Waals surface area contributed by atoms with Gasteiger partial charge in [0.1, 0.15) is 5.69 Å². The fraction of sp³-hybridized carbons (Fsp3) is 0.304. The molecule has 0 atom stereocenters. The molecular weight excluding hydrogens is 364 g/mol. The number of benzene rings is 1. The van der Waals surface area contributed by atoms with Crippen LogP contribution >= 0.6 is 0 Å². The highest BCUT2D eigenvalue weighted by molar-refractivity contribution is 6.10. The minimum atomic E-state index is -0.0893. The van der Waals surface area contributed by atoms with Crippen LogP contribution in [0.3, 0.4) is 0 Å². The van der Waals surface area contributed by atoms with Crippen molar-refractivity contribution in [1.29, 1.82) is 0 Å². The summed E-state index contributed by atoms with van der Waals surface area (Å²) >= 11 is 0. The van der Waals surface area contributed by atoms with Gasteiger partial charge in [0.2, 0.25) is 0 Å². The first kappa shape index (κ1) is 19.2. The maximum absolute atomic E-state index is 13.1. The second kappa shape index (κ2) is 8.09. The van der Waals surface area contributed by atoms with Gasteiger partial charge in [0.15, 0.2) is 0 Å². The van der Waals surface area contributed by atoms with Crippen molar-refractivity contribution in [3.63, 3.8) is 0 Å². The van der Waals surface area contributed by atoms with Crippen molar-refractivity contribution in [3.05, 3.63) is 66.1 Å². The fourth-order valence-electron chi connectivity index (χ4n) is 3.95. The monoisotopic (exact) mass is 390 g/mol. The minimum absolute atomic E-state index is 0.0893. The van der Waals surface area contributed by atoms with Crippen LogP contribution < -0.4 is 5.32 Å². The molecule has 1 N–H and O–H groups in total. The normalized spacial score (nSPS) is 11.6. The van der Waals surface area contributed by atoms with Crippen molar-refractivity contribution in [2.24, 2.45) is 0 Å². The molecule has 0 spiro atoms. The van der Waals surface area contributed by atoms with Gasteiger partial charge in [-0.05, 0) is 43.7 Å². The Hall–Kier alpha value is -3.12. The molecule has 4 aromatic rings. The van der Waals surface area contributed by atoms with Gasteiger partial charge in [0.05, 0.1) is 23.2 Å². The van der Waals surface area contributed by atoms with Crippen LogP contribution in [0.15, 0.2) is 54.9 Å². The largest absolute Gasteiger partial charge is 0.383 e. The van der Waals surface area contributed by atoms with Gasteiger partial charge in [-0.25, -0.2) is 0 Å². The Kier molecular flexibility index (Phi) is 5.36. The zero-order valence-electron chi connectivity index (χ0n) is 17.1.